The number of para-hydroxylation sites is 4. The summed E-state index contributed by atoms with van der Waals surface area (Å²) in [5.74, 6) is 0.604. The molecule has 0 aliphatic carbocycles. The highest BCUT2D eigenvalue weighted by Crippen LogP contribution is 2.47. The number of nitrogens with zero attached hydrogens (tertiary/aromatic N) is 5. The van der Waals surface area contributed by atoms with Crippen LogP contribution in [0.5, 0.6) is 0 Å². The standard InChI is InChI=1S/C68H47N5/c1-3-17-51(4-2)71-62-28-14-11-23-55(62)58-41-48(37-39-64(58)71)47-36-38-61-49(40-47)34-35-50-42-66-59(56-24-12-15-29-63(56)72(66)52-20-6-5-7-21-52)43-65(50)73(61)68-69-60-27-13-10-25-57(60)67(70-68)46-32-30-45(31-33-46)54-26-16-19-44-18-8-9-22-53(44)54/h3-43H,1-2H3. The lowest BCUT2D eigenvalue weighted by Crippen LogP contribution is -2.15. The quantitative estimate of drug-likeness (QED) is 0.150. The first-order chi connectivity index (χ1) is 36.1. The van der Waals surface area contributed by atoms with E-state index in [-0.39, 0.29) is 0 Å². The van der Waals surface area contributed by atoms with E-state index in [1.54, 1.807) is 0 Å². The summed E-state index contributed by atoms with van der Waals surface area (Å²) in [5, 5.41) is 8.25. The second-order valence-electron chi connectivity index (χ2n) is 18.9. The number of hydrogen-bond acceptors (Lipinski definition) is 3. The molecule has 1 aliphatic rings. The number of allylic oxidation sites excluding steroid dienone is 4. The highest BCUT2D eigenvalue weighted by Gasteiger charge is 2.27. The van der Waals surface area contributed by atoms with E-state index < -0.39 is 0 Å². The second kappa shape index (κ2) is 17.1. The van der Waals surface area contributed by atoms with Gasteiger partial charge in [-0.15, -0.1) is 0 Å². The Bertz CT molecular complexity index is 4450. The number of hydrogen-bond donors (Lipinski definition) is 0. The molecule has 0 unspecified atom stereocenters. The normalized spacial score (nSPS) is 12.7. The van der Waals surface area contributed by atoms with Gasteiger partial charge in [-0.2, -0.15) is 0 Å². The van der Waals surface area contributed by atoms with Crippen LogP contribution in [-0.2, 0) is 0 Å². The molecule has 73 heavy (non-hydrogen) atoms. The molecule has 4 heterocycles. The maximum atomic E-state index is 5.63. The minimum Gasteiger partial charge on any atom is -0.310 e. The Morgan fingerprint density at radius 1 is 0.425 bits per heavy atom. The van der Waals surface area contributed by atoms with Gasteiger partial charge in [-0.05, 0) is 125 Å². The van der Waals surface area contributed by atoms with Gasteiger partial charge in [0.05, 0.1) is 44.7 Å². The van der Waals surface area contributed by atoms with E-state index in [0.29, 0.717) is 5.95 Å². The second-order valence-corrected chi connectivity index (χ2v) is 18.9. The number of fused-ring (bicyclic) bond motifs is 10. The summed E-state index contributed by atoms with van der Waals surface area (Å²) < 4.78 is 4.76. The molecule has 13 aromatic rings. The third kappa shape index (κ3) is 6.85. The van der Waals surface area contributed by atoms with Crippen molar-refractivity contribution < 1.29 is 0 Å². The van der Waals surface area contributed by atoms with Crippen LogP contribution in [0.2, 0.25) is 0 Å². The zero-order valence-corrected chi connectivity index (χ0v) is 40.4. The monoisotopic (exact) mass is 933 g/mol. The summed E-state index contributed by atoms with van der Waals surface area (Å²) in [4.78, 5) is 13.4. The molecular formula is C68H47N5. The van der Waals surface area contributed by atoms with E-state index in [0.717, 1.165) is 89.2 Å². The number of benzene rings is 10. The Morgan fingerprint density at radius 2 is 1.04 bits per heavy atom. The molecule has 0 bridgehead atoms. The molecule has 0 saturated heterocycles. The molecule has 0 fully saturated rings. The van der Waals surface area contributed by atoms with Crippen molar-refractivity contribution in [3.63, 3.8) is 0 Å². The predicted octanol–water partition coefficient (Wildman–Crippen LogP) is 18.4. The molecule has 0 radical (unpaired) electrons. The van der Waals surface area contributed by atoms with E-state index in [1.165, 1.54) is 43.5 Å². The first-order valence-electron chi connectivity index (χ1n) is 25.0. The minimum absolute atomic E-state index is 0.604. The molecule has 10 aromatic carbocycles. The maximum absolute atomic E-state index is 5.63. The van der Waals surface area contributed by atoms with E-state index >= 15 is 0 Å². The zero-order chi connectivity index (χ0) is 48.6. The van der Waals surface area contributed by atoms with Gasteiger partial charge in [0.15, 0.2) is 0 Å². The van der Waals surface area contributed by atoms with Gasteiger partial charge in [0.25, 0.3) is 0 Å². The highest BCUT2D eigenvalue weighted by molar-refractivity contribution is 6.14. The first kappa shape index (κ1) is 42.3. The molecule has 5 nitrogen and oxygen atoms in total. The Kier molecular flexibility index (Phi) is 9.90. The minimum atomic E-state index is 0.604. The average Bonchev–Trinajstić information content (AvgIpc) is 3.89. The Balaban J connectivity index is 0.975. The first-order valence-corrected chi connectivity index (χ1v) is 25.0. The third-order valence-electron chi connectivity index (χ3n) is 14.7. The topological polar surface area (TPSA) is 38.9 Å². The van der Waals surface area contributed by atoms with Crippen molar-refractivity contribution in [2.45, 2.75) is 13.8 Å². The molecule has 0 atom stereocenters. The molecule has 0 amide bonds. The van der Waals surface area contributed by atoms with E-state index in [2.05, 4.69) is 277 Å². The number of anilines is 3. The van der Waals surface area contributed by atoms with Crippen molar-refractivity contribution in [2.24, 2.45) is 0 Å². The summed E-state index contributed by atoms with van der Waals surface area (Å²) in [6.45, 7) is 4.18. The lowest BCUT2D eigenvalue weighted by Gasteiger charge is -2.26. The fraction of sp³-hybridized carbons (Fsp3) is 0.0294. The van der Waals surface area contributed by atoms with Crippen LogP contribution >= 0.6 is 0 Å². The van der Waals surface area contributed by atoms with Crippen LogP contribution in [0.1, 0.15) is 25.0 Å². The van der Waals surface area contributed by atoms with Crippen LogP contribution < -0.4 is 4.90 Å². The number of aromatic nitrogens is 4. The average molecular weight is 934 g/mol. The van der Waals surface area contributed by atoms with Crippen molar-refractivity contribution >= 4 is 100 Å². The SMILES string of the molecule is CC=CC(=CC)n1c2ccccc2c2cc(-c3ccc4c(c3)C=Cc3cc5c(cc3N4c3nc(-c4ccc(-c6cccc7ccccc67)cc4)c4ccccc4n3)c3ccccc3n5-c3ccccc3)ccc21. The molecular weight excluding hydrogens is 887 g/mol. The lowest BCUT2D eigenvalue weighted by molar-refractivity contribution is 1.11. The van der Waals surface area contributed by atoms with Crippen molar-refractivity contribution in [1.29, 1.82) is 0 Å². The Labute approximate surface area is 423 Å². The van der Waals surface area contributed by atoms with Crippen LogP contribution in [0.4, 0.5) is 17.3 Å². The van der Waals surface area contributed by atoms with Crippen LogP contribution in [-0.4, -0.2) is 19.1 Å². The van der Waals surface area contributed by atoms with Crippen LogP contribution in [0, 0.1) is 0 Å². The van der Waals surface area contributed by atoms with Gasteiger partial charge < -0.3 is 9.13 Å². The van der Waals surface area contributed by atoms with E-state index in [4.69, 9.17) is 9.97 Å². The van der Waals surface area contributed by atoms with Crippen molar-refractivity contribution in [3.8, 4) is 39.2 Å². The molecule has 0 spiro atoms. The molecule has 1 aliphatic heterocycles. The van der Waals surface area contributed by atoms with Crippen molar-refractivity contribution in [3.05, 3.63) is 248 Å². The summed E-state index contributed by atoms with van der Waals surface area (Å²) in [6, 6.07) is 79.0. The van der Waals surface area contributed by atoms with Crippen LogP contribution in [0.3, 0.4) is 0 Å². The molecule has 344 valence electrons. The lowest BCUT2D eigenvalue weighted by atomic mass is 9.96. The van der Waals surface area contributed by atoms with Crippen molar-refractivity contribution in [2.75, 3.05) is 4.90 Å². The van der Waals surface area contributed by atoms with Gasteiger partial charge in [0, 0.05) is 49.4 Å². The third-order valence-corrected chi connectivity index (χ3v) is 14.7. The van der Waals surface area contributed by atoms with Crippen molar-refractivity contribution in [1.82, 2.24) is 19.1 Å². The molecule has 5 heteroatoms. The van der Waals surface area contributed by atoms with Gasteiger partial charge in [-0.3, -0.25) is 4.90 Å². The van der Waals surface area contributed by atoms with E-state index in [9.17, 15) is 0 Å². The van der Waals surface area contributed by atoms with E-state index in [1.807, 2.05) is 0 Å². The molecule has 0 saturated carbocycles. The Hall–Kier alpha value is -9.58. The Morgan fingerprint density at radius 3 is 1.85 bits per heavy atom. The summed E-state index contributed by atoms with van der Waals surface area (Å²) in [5.41, 5.74) is 18.5. The highest BCUT2D eigenvalue weighted by atomic mass is 15.3. The molecule has 3 aromatic heterocycles. The van der Waals surface area contributed by atoms with Gasteiger partial charge in [-0.1, -0.05) is 176 Å². The molecule has 0 N–H and O–H groups in total. The van der Waals surface area contributed by atoms with Gasteiger partial charge in [0.2, 0.25) is 5.95 Å². The zero-order valence-electron chi connectivity index (χ0n) is 40.4. The summed E-state index contributed by atoms with van der Waals surface area (Å²) >= 11 is 0. The fourth-order valence-corrected chi connectivity index (χ4v) is 11.4. The van der Waals surface area contributed by atoms with Crippen LogP contribution in [0.25, 0.3) is 122 Å². The number of rotatable bonds is 7. The van der Waals surface area contributed by atoms with Crippen LogP contribution in [0.15, 0.2) is 237 Å². The smallest absolute Gasteiger partial charge is 0.235 e. The summed E-state index contributed by atoms with van der Waals surface area (Å²) in [6.07, 6.45) is 11.0. The van der Waals surface area contributed by atoms with Gasteiger partial charge >= 0.3 is 0 Å². The van der Waals surface area contributed by atoms with Gasteiger partial charge in [-0.25, -0.2) is 9.97 Å². The molecule has 14 rings (SSSR count). The maximum Gasteiger partial charge on any atom is 0.235 e. The fourth-order valence-electron chi connectivity index (χ4n) is 11.4. The largest absolute Gasteiger partial charge is 0.310 e. The van der Waals surface area contributed by atoms with Gasteiger partial charge in [0.1, 0.15) is 0 Å². The predicted molar refractivity (Wildman–Crippen MR) is 309 cm³/mol. The summed E-state index contributed by atoms with van der Waals surface area (Å²) in [7, 11) is 0.